The number of esters is 8. The maximum atomic E-state index is 13.0. The van der Waals surface area contributed by atoms with Crippen molar-refractivity contribution < 1.29 is 146 Å². The van der Waals surface area contributed by atoms with E-state index in [1.807, 2.05) is 0 Å². The third kappa shape index (κ3) is 18.6. The van der Waals surface area contributed by atoms with Gasteiger partial charge in [0, 0.05) is 51.4 Å². The molecule has 4 saturated heterocycles. The van der Waals surface area contributed by atoms with Crippen molar-refractivity contribution in [1.29, 1.82) is 0 Å². The number of rotatable bonds is 24. The summed E-state index contributed by atoms with van der Waals surface area (Å²) in [5.74, 6) is -6.18. The molecule has 30 heteroatoms. The molecule has 0 aromatic heterocycles. The number of ether oxygens (including phenoxy) is 14. The van der Waals surface area contributed by atoms with Crippen molar-refractivity contribution in [3.8, 4) is 0 Å². The lowest BCUT2D eigenvalue weighted by molar-refractivity contribution is -0.358. The molecule has 0 saturated carbocycles. The van der Waals surface area contributed by atoms with Crippen molar-refractivity contribution >= 4 is 47.8 Å². The van der Waals surface area contributed by atoms with Crippen LogP contribution in [-0.4, -0.2) is 238 Å². The molecule has 0 spiro atoms. The number of hydrogen-bond acceptors (Lipinski definition) is 30. The fourth-order valence-electron chi connectivity index (χ4n) is 7.72. The Labute approximate surface area is 448 Å². The van der Waals surface area contributed by atoms with Gasteiger partial charge in [0.05, 0.1) is 13.2 Å². The molecule has 0 aliphatic carbocycles. The second kappa shape index (κ2) is 33.1. The minimum absolute atomic E-state index is 0.0409. The SMILES string of the molecule is CCC(=O)OCC1OC(OC(=O)CC)C(OC(=O)CC)[C@@H](OC(=O)CC)[C@@H]1O[C@H]1OC(COC(=O)CC)[C@@H](OC(=O)CC)[C@H](OC(=O)CC)C1OC(=O)CC.OCC1O[C@H](O[C@@H]2C(CO)OC(O)C(O)[C@H]2O)C(O)[C@@H](O)[C@@H]1O. The molecule has 0 aromatic rings. The van der Waals surface area contributed by atoms with Gasteiger partial charge in [0.15, 0.2) is 43.3 Å². The van der Waals surface area contributed by atoms with Gasteiger partial charge >= 0.3 is 47.8 Å². The van der Waals surface area contributed by atoms with Gasteiger partial charge in [-0.15, -0.1) is 0 Å². The van der Waals surface area contributed by atoms with Crippen LogP contribution >= 0.6 is 0 Å². The molecule has 0 aromatic carbocycles. The zero-order valence-electron chi connectivity index (χ0n) is 44.6. The van der Waals surface area contributed by atoms with Crippen molar-refractivity contribution in [2.24, 2.45) is 0 Å². The Kier molecular flexibility index (Phi) is 28.6. The quantitative estimate of drug-likeness (QED) is 0.0350. The summed E-state index contributed by atoms with van der Waals surface area (Å²) < 4.78 is 78.7. The molecule has 20 atom stereocenters. The van der Waals surface area contributed by atoms with Crippen LogP contribution in [0.5, 0.6) is 0 Å². The first-order chi connectivity index (χ1) is 37.0. The normalized spacial score (nSPS) is 34.6. The Bertz CT molecular complexity index is 1930. The monoisotopic (exact) mass is 1130 g/mol. The first-order valence-corrected chi connectivity index (χ1v) is 25.7. The first-order valence-electron chi connectivity index (χ1n) is 25.7. The van der Waals surface area contributed by atoms with Gasteiger partial charge < -0.3 is 107 Å². The average Bonchev–Trinajstić information content (AvgIpc) is 3.47. The van der Waals surface area contributed by atoms with Crippen molar-refractivity contribution in [2.45, 2.75) is 230 Å². The maximum Gasteiger partial charge on any atom is 0.307 e. The van der Waals surface area contributed by atoms with Crippen molar-refractivity contribution in [2.75, 3.05) is 26.4 Å². The van der Waals surface area contributed by atoms with Gasteiger partial charge in [0.2, 0.25) is 12.4 Å². The number of carbonyl (C=O) groups is 8. The Balaban J connectivity index is 0.000000574. The predicted molar refractivity (Wildman–Crippen MR) is 251 cm³/mol. The fourth-order valence-corrected chi connectivity index (χ4v) is 7.72. The summed E-state index contributed by atoms with van der Waals surface area (Å²) in [6, 6.07) is 0. The third-order valence-corrected chi connectivity index (χ3v) is 12.2. The number of aliphatic hydroxyl groups excluding tert-OH is 8. The molecular formula is C48H76O30. The standard InChI is InChI=1S/C36H54O19.C12H22O11/c1-9-21(37)45-17-19-29(49-23(39)11-3)31(50-24(40)12-4)34(53-27(43)15-7)36(48-19)55-30-20(18-46-22(38)10-2)47-35(54-28(44)16-8)33(52-26(42)14-6)32(30)51-25(41)13-5;13-1-3-5(15)6(16)9(19)12(22-3)23-10-4(2-14)21-11(20)8(18)7(10)17/h19-20,29-36H,9-18H2,1-8H3;3-20H,1-2H2/t19?,20?,29-,30-,31+,32+,33?,34?,35?,36-;3?,4?,5-,6+,7-,8?,9?,10-,11?,12-/m11/s1. The highest BCUT2D eigenvalue weighted by molar-refractivity contribution is 5.73. The minimum atomic E-state index is -1.83. The molecule has 0 amide bonds. The van der Waals surface area contributed by atoms with Crippen LogP contribution < -0.4 is 0 Å². The van der Waals surface area contributed by atoms with E-state index in [2.05, 4.69) is 0 Å². The minimum Gasteiger partial charge on any atom is -0.463 e. The van der Waals surface area contributed by atoms with Gasteiger partial charge in [-0.3, -0.25) is 38.4 Å². The van der Waals surface area contributed by atoms with E-state index in [1.165, 1.54) is 55.4 Å². The molecule has 4 heterocycles. The van der Waals surface area contributed by atoms with E-state index >= 15 is 0 Å². The van der Waals surface area contributed by atoms with Gasteiger partial charge in [0.1, 0.15) is 80.4 Å². The average molecular weight is 1130 g/mol. The molecule has 4 aliphatic rings. The summed E-state index contributed by atoms with van der Waals surface area (Å²) in [5, 5.41) is 76.5. The van der Waals surface area contributed by atoms with E-state index in [0.717, 1.165) is 0 Å². The fraction of sp³-hybridized carbons (Fsp3) is 0.833. The van der Waals surface area contributed by atoms with Gasteiger partial charge in [-0.1, -0.05) is 55.4 Å². The van der Waals surface area contributed by atoms with Gasteiger partial charge in [-0.2, -0.15) is 0 Å². The topological polar surface area (TPSA) is 428 Å². The molecule has 4 rings (SSSR count). The molecule has 448 valence electrons. The number of hydrogen-bond donors (Lipinski definition) is 8. The Hall–Kier alpha value is -4.80. The highest BCUT2D eigenvalue weighted by Gasteiger charge is 2.59. The highest BCUT2D eigenvalue weighted by Crippen LogP contribution is 2.37. The van der Waals surface area contributed by atoms with Crippen LogP contribution in [0, 0.1) is 0 Å². The zero-order chi connectivity index (χ0) is 58.6. The van der Waals surface area contributed by atoms with Crippen LogP contribution in [-0.2, 0) is 105 Å². The second-order valence-electron chi connectivity index (χ2n) is 17.7. The molecule has 4 fully saturated rings. The largest absolute Gasteiger partial charge is 0.463 e. The summed E-state index contributed by atoms with van der Waals surface area (Å²) in [6.07, 6.45) is -32.9. The Morgan fingerprint density at radius 1 is 0.321 bits per heavy atom. The molecule has 0 bridgehead atoms. The van der Waals surface area contributed by atoms with Gasteiger partial charge in [-0.05, 0) is 0 Å². The van der Waals surface area contributed by atoms with E-state index in [9.17, 15) is 74.1 Å². The summed E-state index contributed by atoms with van der Waals surface area (Å²) in [7, 11) is 0. The first kappa shape index (κ1) is 67.5. The lowest BCUT2D eigenvalue weighted by Gasteiger charge is -2.48. The van der Waals surface area contributed by atoms with Crippen molar-refractivity contribution in [3.63, 3.8) is 0 Å². The number of carbonyl (C=O) groups excluding carboxylic acids is 8. The summed E-state index contributed by atoms with van der Waals surface area (Å²) in [4.78, 5) is 101. The maximum absolute atomic E-state index is 13.0. The van der Waals surface area contributed by atoms with Crippen LogP contribution in [0.1, 0.15) is 107 Å². The molecule has 4 aliphatic heterocycles. The lowest BCUT2D eigenvalue weighted by atomic mass is 9.95. The molecule has 0 radical (unpaired) electrons. The molecule has 10 unspecified atom stereocenters. The van der Waals surface area contributed by atoms with Crippen molar-refractivity contribution in [1.82, 2.24) is 0 Å². The highest BCUT2D eigenvalue weighted by atomic mass is 16.8. The molecular weight excluding hydrogens is 1060 g/mol. The van der Waals surface area contributed by atoms with Crippen molar-refractivity contribution in [3.05, 3.63) is 0 Å². The van der Waals surface area contributed by atoms with Crippen LogP contribution in [0.15, 0.2) is 0 Å². The second-order valence-corrected chi connectivity index (χ2v) is 17.7. The summed E-state index contributed by atoms with van der Waals surface area (Å²) in [6.45, 7) is 9.50. The molecule has 8 N–H and O–H groups in total. The van der Waals surface area contributed by atoms with E-state index < -0.39 is 197 Å². The summed E-state index contributed by atoms with van der Waals surface area (Å²) in [5.41, 5.74) is 0. The Morgan fingerprint density at radius 3 is 1.13 bits per heavy atom. The van der Waals surface area contributed by atoms with Gasteiger partial charge in [0.25, 0.3) is 0 Å². The lowest BCUT2D eigenvalue weighted by Crippen LogP contribution is -2.67. The van der Waals surface area contributed by atoms with Crippen LogP contribution in [0.25, 0.3) is 0 Å². The third-order valence-electron chi connectivity index (χ3n) is 12.2. The van der Waals surface area contributed by atoms with Crippen LogP contribution in [0.4, 0.5) is 0 Å². The van der Waals surface area contributed by atoms with E-state index in [1.54, 1.807) is 0 Å². The van der Waals surface area contributed by atoms with Crippen LogP contribution in [0.3, 0.4) is 0 Å². The summed E-state index contributed by atoms with van der Waals surface area (Å²) >= 11 is 0. The van der Waals surface area contributed by atoms with E-state index in [4.69, 9.17) is 71.4 Å². The number of aliphatic hydroxyl groups is 8. The molecule has 30 nitrogen and oxygen atoms in total. The molecule has 78 heavy (non-hydrogen) atoms. The van der Waals surface area contributed by atoms with E-state index in [-0.39, 0.29) is 51.4 Å². The van der Waals surface area contributed by atoms with Crippen LogP contribution in [0.2, 0.25) is 0 Å². The zero-order valence-corrected chi connectivity index (χ0v) is 44.6. The Morgan fingerprint density at radius 2 is 0.679 bits per heavy atom. The smallest absolute Gasteiger partial charge is 0.307 e. The van der Waals surface area contributed by atoms with Gasteiger partial charge in [-0.25, -0.2) is 0 Å². The van der Waals surface area contributed by atoms with E-state index in [0.29, 0.717) is 0 Å². The predicted octanol–water partition coefficient (Wildman–Crippen LogP) is -3.11.